The second-order valence-electron chi connectivity index (χ2n) is 14.4. The van der Waals surface area contributed by atoms with Gasteiger partial charge in [0, 0.05) is 38.4 Å². The Bertz CT molecular complexity index is 1020. The number of fused-ring (bicyclic) bond motifs is 2. The molecule has 10 unspecified atom stereocenters. The van der Waals surface area contributed by atoms with Gasteiger partial charge in [-0.3, -0.25) is 15.3 Å². The second kappa shape index (κ2) is 15.0. The Morgan fingerprint density at radius 1 is 0.956 bits per heavy atom. The first-order chi connectivity index (χ1) is 21.5. The van der Waals surface area contributed by atoms with E-state index in [0.717, 1.165) is 32.2 Å². The molecule has 10 N–H and O–H groups in total. The van der Waals surface area contributed by atoms with Gasteiger partial charge in [0.2, 0.25) is 0 Å². The van der Waals surface area contributed by atoms with Crippen molar-refractivity contribution in [3.8, 4) is 0 Å². The molecule has 5 aliphatic rings. The minimum atomic E-state index is -1.94. The zero-order valence-electron chi connectivity index (χ0n) is 26.4. The van der Waals surface area contributed by atoms with Crippen molar-refractivity contribution >= 4 is 11.6 Å². The van der Waals surface area contributed by atoms with Crippen LogP contribution in [0.4, 0.5) is 0 Å². The number of unbranched alkanes of at least 4 members (excludes halogenated alkanes) is 1. The van der Waals surface area contributed by atoms with E-state index in [-0.39, 0.29) is 49.0 Å². The van der Waals surface area contributed by atoms with Gasteiger partial charge in [-0.15, -0.1) is 0 Å². The van der Waals surface area contributed by atoms with Crippen LogP contribution < -0.4 is 11.1 Å². The molecule has 0 aromatic heterocycles. The lowest BCUT2D eigenvalue weighted by atomic mass is 9.55. The molecule has 3 aliphatic carbocycles. The smallest absolute Gasteiger partial charge is 0.187 e. The summed E-state index contributed by atoms with van der Waals surface area (Å²) in [4.78, 5) is 28.1. The number of rotatable bonds is 11. The summed E-state index contributed by atoms with van der Waals surface area (Å²) in [5, 5.41) is 66.5. The number of ketones is 2. The minimum absolute atomic E-state index is 0.0316. The molecule has 3 saturated carbocycles. The van der Waals surface area contributed by atoms with Crippen molar-refractivity contribution in [2.24, 2.45) is 41.2 Å². The zero-order valence-corrected chi connectivity index (χ0v) is 26.4. The van der Waals surface area contributed by atoms with Gasteiger partial charge >= 0.3 is 0 Å². The third kappa shape index (κ3) is 7.19. The summed E-state index contributed by atoms with van der Waals surface area (Å²) < 4.78 is 17.8. The van der Waals surface area contributed by atoms with Crippen LogP contribution in [0.1, 0.15) is 70.6 Å². The van der Waals surface area contributed by atoms with Gasteiger partial charge in [-0.25, -0.2) is 0 Å². The van der Waals surface area contributed by atoms with E-state index in [1.54, 1.807) is 0 Å². The van der Waals surface area contributed by atoms with Crippen molar-refractivity contribution in [2.75, 3.05) is 26.9 Å². The van der Waals surface area contributed by atoms with E-state index in [1.807, 2.05) is 0 Å². The van der Waals surface area contributed by atoms with Crippen LogP contribution >= 0.6 is 0 Å². The highest BCUT2D eigenvalue weighted by Crippen LogP contribution is 2.50. The molecule has 5 fully saturated rings. The predicted molar refractivity (Wildman–Crippen MR) is 158 cm³/mol. The Kier molecular flexibility index (Phi) is 11.7. The van der Waals surface area contributed by atoms with E-state index in [0.29, 0.717) is 32.1 Å². The maximum Gasteiger partial charge on any atom is 0.187 e. The van der Waals surface area contributed by atoms with Crippen molar-refractivity contribution in [3.05, 3.63) is 0 Å². The van der Waals surface area contributed by atoms with Crippen LogP contribution in [0.2, 0.25) is 0 Å². The topological polar surface area (TPSA) is 226 Å². The van der Waals surface area contributed by atoms with Crippen molar-refractivity contribution in [2.45, 2.75) is 125 Å². The molecule has 45 heavy (non-hydrogen) atoms. The van der Waals surface area contributed by atoms with Crippen LogP contribution in [0.3, 0.4) is 0 Å². The Hall–Kier alpha value is -1.10. The molecule has 13 heteroatoms. The highest BCUT2D eigenvalue weighted by atomic mass is 16.7. The Balaban J connectivity index is 1.30. The summed E-state index contributed by atoms with van der Waals surface area (Å²) in [5.74, 6) is -3.04. The first-order valence-electron chi connectivity index (χ1n) is 17.0. The van der Waals surface area contributed by atoms with Gasteiger partial charge in [-0.05, 0) is 56.8 Å². The number of Topliss-reactive ketones (excluding diaryl/α,β-unsaturated/α-hetero) is 2. The molecule has 15 atom stereocenters. The zero-order chi connectivity index (χ0) is 32.5. The number of quaternary nitrogens is 1. The lowest BCUT2D eigenvalue weighted by Crippen LogP contribution is -2.94. The van der Waals surface area contributed by atoms with Crippen LogP contribution in [0.5, 0.6) is 0 Å². The van der Waals surface area contributed by atoms with Crippen molar-refractivity contribution in [1.29, 1.82) is 0 Å². The average molecular weight is 644 g/mol. The SMILES string of the molecule is COC1CC(O[C@H]2O[C@H](CO)[C@](O)(CCC3CC[NH2+]C(N)C3)[C@H](O)[C@H]2O)C2C(=O)C3C(O)CC(CCCCO)CC3C(=O)C2C1. The van der Waals surface area contributed by atoms with Crippen LogP contribution in [0.25, 0.3) is 0 Å². The highest BCUT2D eigenvalue weighted by Gasteiger charge is 2.60. The number of aliphatic hydroxyl groups is 6. The summed E-state index contributed by atoms with van der Waals surface area (Å²) in [6, 6.07) is 0. The van der Waals surface area contributed by atoms with E-state index in [2.05, 4.69) is 5.32 Å². The summed E-state index contributed by atoms with van der Waals surface area (Å²) in [6.07, 6.45) is -2.52. The molecule has 0 radical (unpaired) electrons. The van der Waals surface area contributed by atoms with Gasteiger partial charge in [0.05, 0.1) is 43.3 Å². The van der Waals surface area contributed by atoms with E-state index in [4.69, 9.17) is 25.1 Å². The molecule has 0 aromatic carbocycles. The summed E-state index contributed by atoms with van der Waals surface area (Å²) in [5.41, 5.74) is 4.13. The fourth-order valence-corrected chi connectivity index (χ4v) is 9.15. The molecule has 0 amide bonds. The summed E-state index contributed by atoms with van der Waals surface area (Å²) >= 11 is 0. The number of aliphatic hydroxyl groups excluding tert-OH is 5. The lowest BCUT2D eigenvalue weighted by molar-refractivity contribution is -0.699. The summed E-state index contributed by atoms with van der Waals surface area (Å²) in [7, 11) is 1.52. The third-order valence-corrected chi connectivity index (χ3v) is 11.6. The maximum absolute atomic E-state index is 14.1. The largest absolute Gasteiger partial charge is 0.396 e. The molecule has 2 heterocycles. The van der Waals surface area contributed by atoms with Gasteiger partial charge in [0.15, 0.2) is 6.29 Å². The van der Waals surface area contributed by atoms with Crippen molar-refractivity contribution in [3.63, 3.8) is 0 Å². The Morgan fingerprint density at radius 2 is 1.71 bits per heavy atom. The number of carbonyl (C=O) groups excluding carboxylic acids is 2. The van der Waals surface area contributed by atoms with Gasteiger partial charge < -0.3 is 50.2 Å². The number of carbonyl (C=O) groups is 2. The van der Waals surface area contributed by atoms with Crippen molar-refractivity contribution in [1.82, 2.24) is 0 Å². The molecule has 258 valence electrons. The Labute approximate surface area is 264 Å². The lowest BCUT2D eigenvalue weighted by Gasteiger charge is -2.52. The molecule has 2 saturated heterocycles. The molecule has 0 aromatic rings. The van der Waals surface area contributed by atoms with Crippen LogP contribution in [0.15, 0.2) is 0 Å². The van der Waals surface area contributed by atoms with Crippen LogP contribution in [-0.4, -0.2) is 124 Å². The van der Waals surface area contributed by atoms with Gasteiger partial charge in [0.1, 0.15) is 41.6 Å². The molecule has 2 aliphatic heterocycles. The number of methoxy groups -OCH3 is 1. The molecule has 5 rings (SSSR count). The molecule has 0 bridgehead atoms. The van der Waals surface area contributed by atoms with E-state index in [1.165, 1.54) is 7.11 Å². The maximum atomic E-state index is 14.1. The quantitative estimate of drug-likeness (QED) is 0.114. The number of piperidine rings is 1. The van der Waals surface area contributed by atoms with E-state index < -0.39 is 78.8 Å². The number of hydrogen-bond acceptors (Lipinski definition) is 12. The number of hydrogen-bond donors (Lipinski definition) is 8. The van der Waals surface area contributed by atoms with E-state index in [9.17, 15) is 35.1 Å². The van der Waals surface area contributed by atoms with E-state index >= 15 is 0 Å². The first kappa shape index (κ1) is 35.2. The molecule has 13 nitrogen and oxygen atoms in total. The first-order valence-corrected chi connectivity index (χ1v) is 17.0. The second-order valence-corrected chi connectivity index (χ2v) is 14.4. The van der Waals surface area contributed by atoms with Gasteiger partial charge in [0.25, 0.3) is 0 Å². The standard InChI is InChI=1S/C32H54N2O11/c1-43-18-13-20-26(28(39)25-19(27(20)38)10-17(11-21(25)37)4-2-3-9-35)22(14-18)44-31-29(40)30(41)32(42,23(15-36)45-31)7-5-16-6-8-34-24(33)12-16/h16-26,29-31,34-37,40-42H,2-15,33H2,1H3/p+1/t16?,17?,18?,19?,20?,21?,22?,23-,24?,25?,26?,29-,30-,31+,32-/m1/s1. The van der Waals surface area contributed by atoms with Crippen LogP contribution in [0, 0.1) is 35.5 Å². The molecule has 0 spiro atoms. The average Bonchev–Trinajstić information content (AvgIpc) is 3.02. The fourth-order valence-electron chi connectivity index (χ4n) is 9.15. The summed E-state index contributed by atoms with van der Waals surface area (Å²) in [6.45, 7) is 0.316. The monoisotopic (exact) mass is 643 g/mol. The molecular weight excluding hydrogens is 588 g/mol. The third-order valence-electron chi connectivity index (χ3n) is 11.6. The number of ether oxygens (including phenoxy) is 3. The predicted octanol–water partition coefficient (Wildman–Crippen LogP) is -2.06. The minimum Gasteiger partial charge on any atom is -0.396 e. The Morgan fingerprint density at radius 3 is 2.40 bits per heavy atom. The molecular formula is C32H55N2O11+. The normalized spacial score (nSPS) is 47.3. The van der Waals surface area contributed by atoms with Gasteiger partial charge in [-0.2, -0.15) is 0 Å². The van der Waals surface area contributed by atoms with Crippen LogP contribution in [-0.2, 0) is 23.8 Å². The van der Waals surface area contributed by atoms with Crippen molar-refractivity contribution < 1.29 is 59.8 Å². The number of nitrogens with two attached hydrogens (primary N) is 2. The fraction of sp³-hybridized carbons (Fsp3) is 0.938. The highest BCUT2D eigenvalue weighted by molar-refractivity contribution is 6.00. The van der Waals surface area contributed by atoms with Gasteiger partial charge in [-0.1, -0.05) is 12.8 Å².